The van der Waals surface area contributed by atoms with E-state index in [0.29, 0.717) is 18.8 Å². The first-order valence-corrected chi connectivity index (χ1v) is 6.80. The monoisotopic (exact) mass is 278 g/mol. The number of hydrogen-bond donors (Lipinski definition) is 1. The highest BCUT2D eigenvalue weighted by Gasteiger charge is 2.17. The van der Waals surface area contributed by atoms with Gasteiger partial charge < -0.3 is 15.2 Å². The summed E-state index contributed by atoms with van der Waals surface area (Å²) in [5.74, 6) is 0.790. The molecule has 1 aliphatic heterocycles. The minimum absolute atomic E-state index is 0.0285. The van der Waals surface area contributed by atoms with Crippen molar-refractivity contribution in [2.45, 2.75) is 20.1 Å². The van der Waals surface area contributed by atoms with Crippen molar-refractivity contribution in [1.82, 2.24) is 4.57 Å². The maximum Gasteiger partial charge on any atom is 0.307 e. The van der Waals surface area contributed by atoms with Crippen LogP contribution in [0.15, 0.2) is 22.3 Å². The van der Waals surface area contributed by atoms with E-state index < -0.39 is 0 Å². The molecule has 2 aromatic rings. The van der Waals surface area contributed by atoms with Gasteiger partial charge in [-0.2, -0.15) is 0 Å². The molecule has 1 aromatic carbocycles. The zero-order valence-corrected chi connectivity index (χ0v) is 11.3. The van der Waals surface area contributed by atoms with Crippen LogP contribution >= 0.6 is 11.3 Å². The highest BCUT2D eigenvalue weighted by molar-refractivity contribution is 7.07. The molecule has 0 unspecified atom stereocenters. The summed E-state index contributed by atoms with van der Waals surface area (Å²) in [7, 11) is 0. The minimum Gasteiger partial charge on any atom is -0.467 e. The van der Waals surface area contributed by atoms with Crippen LogP contribution in [0, 0.1) is 6.92 Å². The molecule has 1 aliphatic rings. The van der Waals surface area contributed by atoms with E-state index in [1.54, 1.807) is 4.57 Å². The van der Waals surface area contributed by atoms with Crippen LogP contribution in [0.1, 0.15) is 16.8 Å². The Hall–Kier alpha value is -1.79. The first-order chi connectivity index (χ1) is 9.15. The molecule has 0 saturated heterocycles. The zero-order chi connectivity index (χ0) is 13.4. The molecule has 2 N–H and O–H groups in total. The van der Waals surface area contributed by atoms with Gasteiger partial charge in [-0.25, -0.2) is 0 Å². The Morgan fingerprint density at radius 2 is 2.32 bits per heavy atom. The fourth-order valence-electron chi connectivity index (χ4n) is 2.21. The van der Waals surface area contributed by atoms with Gasteiger partial charge in [0.05, 0.1) is 13.2 Å². The Balaban J connectivity index is 2.05. The summed E-state index contributed by atoms with van der Waals surface area (Å²) in [4.78, 5) is 11.8. The summed E-state index contributed by atoms with van der Waals surface area (Å²) in [5, 5.41) is 1.85. The molecule has 3 rings (SSSR count). The predicted molar refractivity (Wildman–Crippen MR) is 73.6 cm³/mol. The lowest BCUT2D eigenvalue weighted by atomic mass is 10.1. The van der Waals surface area contributed by atoms with Crippen molar-refractivity contribution in [3.05, 3.63) is 44.0 Å². The molecular formula is C13H14N2O3S. The van der Waals surface area contributed by atoms with Crippen molar-refractivity contribution < 1.29 is 9.47 Å². The lowest BCUT2D eigenvalue weighted by Gasteiger charge is -2.21. The summed E-state index contributed by atoms with van der Waals surface area (Å²) >= 11 is 1.20. The Labute approximate surface area is 114 Å². The third kappa shape index (κ3) is 2.24. The number of ether oxygens (including phenoxy) is 2. The molecule has 0 amide bonds. The lowest BCUT2D eigenvalue weighted by molar-refractivity contribution is -0.0170. The van der Waals surface area contributed by atoms with Crippen molar-refractivity contribution in [2.75, 3.05) is 12.5 Å². The third-order valence-electron chi connectivity index (χ3n) is 3.11. The molecule has 0 atom stereocenters. The zero-order valence-electron chi connectivity index (χ0n) is 10.5. The maximum absolute atomic E-state index is 11.8. The normalized spacial score (nSPS) is 13.9. The van der Waals surface area contributed by atoms with Crippen LogP contribution in [0.4, 0.5) is 5.69 Å². The average Bonchev–Trinajstić information content (AvgIpc) is 2.70. The molecule has 0 saturated carbocycles. The summed E-state index contributed by atoms with van der Waals surface area (Å²) in [6.07, 6.45) is 0. The number of aryl methyl sites for hydroxylation is 1. The van der Waals surface area contributed by atoms with Crippen LogP contribution < -0.4 is 15.3 Å². The van der Waals surface area contributed by atoms with E-state index in [0.717, 1.165) is 22.6 Å². The van der Waals surface area contributed by atoms with Crippen LogP contribution in [0.5, 0.6) is 5.75 Å². The summed E-state index contributed by atoms with van der Waals surface area (Å²) in [5.41, 5.74) is 9.34. The molecule has 0 spiro atoms. The second kappa shape index (κ2) is 4.71. The molecule has 100 valence electrons. The molecule has 5 nitrogen and oxygen atoms in total. The SMILES string of the molecule is Cc1csc(=O)n1Cc1cc(N)cc2c1OCOC2. The fraction of sp³-hybridized carbons (Fsp3) is 0.308. The van der Waals surface area contributed by atoms with Crippen LogP contribution in [-0.4, -0.2) is 11.4 Å². The quantitative estimate of drug-likeness (QED) is 0.849. The number of benzene rings is 1. The molecule has 0 radical (unpaired) electrons. The van der Waals surface area contributed by atoms with Gasteiger partial charge in [0.15, 0.2) is 6.79 Å². The Morgan fingerprint density at radius 1 is 1.47 bits per heavy atom. The lowest BCUT2D eigenvalue weighted by Crippen LogP contribution is -2.19. The van der Waals surface area contributed by atoms with E-state index in [2.05, 4.69) is 0 Å². The smallest absolute Gasteiger partial charge is 0.307 e. The number of hydrogen-bond acceptors (Lipinski definition) is 5. The van der Waals surface area contributed by atoms with Gasteiger partial charge in [0.25, 0.3) is 0 Å². The summed E-state index contributed by atoms with van der Waals surface area (Å²) in [6, 6.07) is 3.70. The molecule has 0 aliphatic carbocycles. The van der Waals surface area contributed by atoms with Gasteiger partial charge in [0, 0.05) is 27.9 Å². The number of thiazole rings is 1. The molecular weight excluding hydrogens is 264 g/mol. The largest absolute Gasteiger partial charge is 0.467 e. The topological polar surface area (TPSA) is 66.5 Å². The van der Waals surface area contributed by atoms with Crippen molar-refractivity contribution >= 4 is 17.0 Å². The van der Waals surface area contributed by atoms with Gasteiger partial charge in [-0.05, 0) is 19.1 Å². The van der Waals surface area contributed by atoms with E-state index >= 15 is 0 Å². The average molecular weight is 278 g/mol. The first-order valence-electron chi connectivity index (χ1n) is 5.92. The Kier molecular flexibility index (Phi) is 3.04. The Bertz CT molecular complexity index is 675. The molecule has 2 heterocycles. The van der Waals surface area contributed by atoms with Gasteiger partial charge in [0.2, 0.25) is 0 Å². The van der Waals surface area contributed by atoms with Gasteiger partial charge in [-0.15, -0.1) is 0 Å². The highest BCUT2D eigenvalue weighted by atomic mass is 32.1. The second-order valence-electron chi connectivity index (χ2n) is 4.51. The van der Waals surface area contributed by atoms with E-state index in [-0.39, 0.29) is 11.7 Å². The van der Waals surface area contributed by atoms with Crippen LogP contribution in [0.2, 0.25) is 0 Å². The van der Waals surface area contributed by atoms with Crippen molar-refractivity contribution in [1.29, 1.82) is 0 Å². The number of nitrogens with two attached hydrogens (primary N) is 1. The van der Waals surface area contributed by atoms with Crippen LogP contribution in [-0.2, 0) is 17.9 Å². The van der Waals surface area contributed by atoms with Crippen molar-refractivity contribution in [3.63, 3.8) is 0 Å². The summed E-state index contributed by atoms with van der Waals surface area (Å²) < 4.78 is 12.5. The van der Waals surface area contributed by atoms with Gasteiger partial charge in [0.1, 0.15) is 5.75 Å². The van der Waals surface area contributed by atoms with Crippen molar-refractivity contribution in [2.24, 2.45) is 0 Å². The Morgan fingerprint density at radius 3 is 3.05 bits per heavy atom. The van der Waals surface area contributed by atoms with Crippen LogP contribution in [0.3, 0.4) is 0 Å². The fourth-order valence-corrected chi connectivity index (χ4v) is 2.94. The molecule has 6 heteroatoms. The van der Waals surface area contributed by atoms with Gasteiger partial charge in [-0.1, -0.05) is 11.3 Å². The van der Waals surface area contributed by atoms with Crippen LogP contribution in [0.25, 0.3) is 0 Å². The van der Waals surface area contributed by atoms with E-state index in [1.165, 1.54) is 11.3 Å². The highest BCUT2D eigenvalue weighted by Crippen LogP contribution is 2.31. The minimum atomic E-state index is 0.0285. The molecule has 0 bridgehead atoms. The van der Waals surface area contributed by atoms with E-state index in [9.17, 15) is 4.79 Å². The third-order valence-corrected chi connectivity index (χ3v) is 4.00. The molecule has 19 heavy (non-hydrogen) atoms. The number of fused-ring (bicyclic) bond motifs is 1. The van der Waals surface area contributed by atoms with E-state index in [4.69, 9.17) is 15.2 Å². The van der Waals surface area contributed by atoms with E-state index in [1.807, 2.05) is 24.4 Å². The maximum atomic E-state index is 11.8. The number of nitrogen functional groups attached to an aromatic ring is 1. The second-order valence-corrected chi connectivity index (χ2v) is 5.33. The number of anilines is 1. The summed E-state index contributed by atoms with van der Waals surface area (Å²) in [6.45, 7) is 3.12. The van der Waals surface area contributed by atoms with Gasteiger partial charge >= 0.3 is 4.87 Å². The first kappa shape index (κ1) is 12.3. The molecule has 0 fully saturated rings. The predicted octanol–water partition coefficient (Wildman–Crippen LogP) is 1.72. The number of rotatable bonds is 2. The molecule has 1 aromatic heterocycles. The number of aromatic nitrogens is 1. The number of nitrogens with zero attached hydrogens (tertiary/aromatic N) is 1. The standard InChI is InChI=1S/C13H14N2O3S/c1-8-6-19-13(16)15(8)4-9-2-11(14)3-10-5-17-7-18-12(9)10/h2-3,6H,4-5,7,14H2,1H3. The van der Waals surface area contributed by atoms with Crippen molar-refractivity contribution in [3.8, 4) is 5.75 Å². The van der Waals surface area contributed by atoms with Gasteiger partial charge in [-0.3, -0.25) is 9.36 Å².